The topological polar surface area (TPSA) is 32.3 Å². The summed E-state index contributed by atoms with van der Waals surface area (Å²) in [6.07, 6.45) is 3.34. The van der Waals surface area contributed by atoms with Gasteiger partial charge in [-0.1, -0.05) is 6.92 Å². The predicted molar refractivity (Wildman–Crippen MR) is 53.6 cm³/mol. The molecule has 1 N–H and O–H groups in total. The Kier molecular flexibility index (Phi) is 4.22. The first-order valence-electron chi connectivity index (χ1n) is 5.31. The van der Waals surface area contributed by atoms with Gasteiger partial charge >= 0.3 is 0 Å². The van der Waals surface area contributed by atoms with Crippen LogP contribution in [0, 0.1) is 0 Å². The number of carbonyl (C=O) groups excluding carboxylic acids is 1. The third-order valence-electron chi connectivity index (χ3n) is 2.53. The first kappa shape index (κ1) is 10.5. The standard InChI is InChI=1S/C10H20N2O/c1-3-7-12-8-5-6-9(12)10(13)11-4-2/h9H,3-8H2,1-2H3,(H,11,13). The van der Waals surface area contributed by atoms with Crippen LogP contribution in [0.3, 0.4) is 0 Å². The molecule has 0 aliphatic carbocycles. The smallest absolute Gasteiger partial charge is 0.237 e. The van der Waals surface area contributed by atoms with E-state index in [1.54, 1.807) is 0 Å². The highest BCUT2D eigenvalue weighted by molar-refractivity contribution is 5.81. The summed E-state index contributed by atoms with van der Waals surface area (Å²) < 4.78 is 0. The van der Waals surface area contributed by atoms with Gasteiger partial charge in [0.2, 0.25) is 5.91 Å². The SMILES string of the molecule is CCCN1CCCC1C(=O)NCC. The van der Waals surface area contributed by atoms with E-state index in [0.29, 0.717) is 0 Å². The van der Waals surface area contributed by atoms with Gasteiger partial charge in [0, 0.05) is 6.54 Å². The van der Waals surface area contributed by atoms with Crippen LogP contribution < -0.4 is 5.32 Å². The first-order valence-corrected chi connectivity index (χ1v) is 5.31. The maximum absolute atomic E-state index is 11.6. The fraction of sp³-hybridized carbons (Fsp3) is 0.900. The van der Waals surface area contributed by atoms with Crippen LogP contribution >= 0.6 is 0 Å². The molecule has 3 nitrogen and oxygen atoms in total. The summed E-state index contributed by atoms with van der Waals surface area (Å²) >= 11 is 0. The summed E-state index contributed by atoms with van der Waals surface area (Å²) in [6.45, 7) is 7.02. The van der Waals surface area contributed by atoms with Gasteiger partial charge in [0.25, 0.3) is 0 Å². The highest BCUT2D eigenvalue weighted by Gasteiger charge is 2.29. The van der Waals surface area contributed by atoms with E-state index in [4.69, 9.17) is 0 Å². The molecule has 1 saturated heterocycles. The Morgan fingerprint density at radius 1 is 1.54 bits per heavy atom. The average Bonchev–Trinajstić information content (AvgIpc) is 2.54. The number of likely N-dealkylation sites (N-methyl/N-ethyl adjacent to an activating group) is 1. The number of carbonyl (C=O) groups is 1. The van der Waals surface area contributed by atoms with Gasteiger partial charge in [-0.2, -0.15) is 0 Å². The molecule has 0 spiro atoms. The van der Waals surface area contributed by atoms with E-state index < -0.39 is 0 Å². The third kappa shape index (κ3) is 2.69. The molecule has 1 atom stereocenters. The zero-order valence-corrected chi connectivity index (χ0v) is 8.68. The van der Waals surface area contributed by atoms with Crippen molar-refractivity contribution in [1.82, 2.24) is 10.2 Å². The van der Waals surface area contributed by atoms with Crippen LogP contribution in [0.15, 0.2) is 0 Å². The van der Waals surface area contributed by atoms with Gasteiger partial charge < -0.3 is 5.32 Å². The van der Waals surface area contributed by atoms with Crippen molar-refractivity contribution in [1.29, 1.82) is 0 Å². The quantitative estimate of drug-likeness (QED) is 0.707. The summed E-state index contributed by atoms with van der Waals surface area (Å²) in [4.78, 5) is 13.9. The fourth-order valence-corrected chi connectivity index (χ4v) is 1.97. The van der Waals surface area contributed by atoms with Crippen LogP contribution in [-0.4, -0.2) is 36.5 Å². The molecule has 1 fully saturated rings. The lowest BCUT2D eigenvalue weighted by molar-refractivity contribution is -0.125. The van der Waals surface area contributed by atoms with Crippen LogP contribution in [0.25, 0.3) is 0 Å². The van der Waals surface area contributed by atoms with Crippen LogP contribution in [0.5, 0.6) is 0 Å². The zero-order chi connectivity index (χ0) is 9.68. The minimum absolute atomic E-state index is 0.153. The lowest BCUT2D eigenvalue weighted by Gasteiger charge is -2.22. The number of nitrogens with one attached hydrogen (secondary N) is 1. The van der Waals surface area contributed by atoms with Crippen molar-refractivity contribution in [2.45, 2.75) is 39.2 Å². The number of likely N-dealkylation sites (tertiary alicyclic amines) is 1. The number of nitrogens with zero attached hydrogens (tertiary/aromatic N) is 1. The second-order valence-electron chi connectivity index (χ2n) is 3.59. The molecule has 1 aliphatic heterocycles. The largest absolute Gasteiger partial charge is 0.355 e. The zero-order valence-electron chi connectivity index (χ0n) is 8.68. The highest BCUT2D eigenvalue weighted by atomic mass is 16.2. The second kappa shape index (κ2) is 5.22. The lowest BCUT2D eigenvalue weighted by Crippen LogP contribution is -2.43. The molecule has 76 valence electrons. The molecule has 0 radical (unpaired) electrons. The van der Waals surface area contributed by atoms with Gasteiger partial charge in [-0.05, 0) is 39.3 Å². The van der Waals surface area contributed by atoms with E-state index in [1.165, 1.54) is 6.42 Å². The van der Waals surface area contributed by atoms with E-state index in [-0.39, 0.29) is 11.9 Å². The van der Waals surface area contributed by atoms with E-state index >= 15 is 0 Å². The number of hydrogen-bond donors (Lipinski definition) is 1. The Labute approximate surface area is 80.5 Å². The van der Waals surface area contributed by atoms with Crippen molar-refractivity contribution < 1.29 is 4.79 Å². The Morgan fingerprint density at radius 3 is 2.92 bits per heavy atom. The normalized spacial score (nSPS) is 23.4. The molecule has 13 heavy (non-hydrogen) atoms. The monoisotopic (exact) mass is 184 g/mol. The van der Waals surface area contributed by atoms with E-state index in [0.717, 1.165) is 32.5 Å². The molecule has 0 aromatic carbocycles. The maximum Gasteiger partial charge on any atom is 0.237 e. The van der Waals surface area contributed by atoms with Crippen molar-refractivity contribution in [2.24, 2.45) is 0 Å². The van der Waals surface area contributed by atoms with Gasteiger partial charge in [0.1, 0.15) is 0 Å². The Balaban J connectivity index is 2.42. The predicted octanol–water partition coefficient (Wildman–Crippen LogP) is 0.997. The molecule has 1 unspecified atom stereocenters. The number of rotatable bonds is 4. The molecule has 0 saturated carbocycles. The maximum atomic E-state index is 11.6. The Hall–Kier alpha value is -0.570. The van der Waals surface area contributed by atoms with E-state index in [1.807, 2.05) is 6.92 Å². The number of hydrogen-bond acceptors (Lipinski definition) is 2. The van der Waals surface area contributed by atoms with Crippen molar-refractivity contribution >= 4 is 5.91 Å². The molecule has 3 heteroatoms. The second-order valence-corrected chi connectivity index (χ2v) is 3.59. The van der Waals surface area contributed by atoms with E-state index in [2.05, 4.69) is 17.1 Å². The van der Waals surface area contributed by atoms with Gasteiger partial charge in [-0.25, -0.2) is 0 Å². The molecule has 0 bridgehead atoms. The molecule has 1 aliphatic rings. The van der Waals surface area contributed by atoms with Crippen molar-refractivity contribution in [3.05, 3.63) is 0 Å². The highest BCUT2D eigenvalue weighted by Crippen LogP contribution is 2.17. The molecular weight excluding hydrogens is 164 g/mol. The van der Waals surface area contributed by atoms with Gasteiger partial charge in [-0.15, -0.1) is 0 Å². The average molecular weight is 184 g/mol. The summed E-state index contributed by atoms with van der Waals surface area (Å²) in [5, 5.41) is 2.90. The van der Waals surface area contributed by atoms with Crippen molar-refractivity contribution in [3.8, 4) is 0 Å². The van der Waals surface area contributed by atoms with Crippen LogP contribution in [-0.2, 0) is 4.79 Å². The van der Waals surface area contributed by atoms with Gasteiger partial charge in [0.05, 0.1) is 6.04 Å². The van der Waals surface area contributed by atoms with Crippen LogP contribution in [0.4, 0.5) is 0 Å². The molecule has 1 amide bonds. The molecule has 1 rings (SSSR count). The number of amides is 1. The fourth-order valence-electron chi connectivity index (χ4n) is 1.97. The van der Waals surface area contributed by atoms with Crippen molar-refractivity contribution in [2.75, 3.05) is 19.6 Å². The van der Waals surface area contributed by atoms with Gasteiger partial charge in [-0.3, -0.25) is 9.69 Å². The van der Waals surface area contributed by atoms with Crippen molar-refractivity contribution in [3.63, 3.8) is 0 Å². The summed E-state index contributed by atoms with van der Waals surface area (Å²) in [6, 6.07) is 0.153. The minimum Gasteiger partial charge on any atom is -0.355 e. The summed E-state index contributed by atoms with van der Waals surface area (Å²) in [5.41, 5.74) is 0. The molecule has 0 aromatic heterocycles. The third-order valence-corrected chi connectivity index (χ3v) is 2.53. The lowest BCUT2D eigenvalue weighted by atomic mass is 10.2. The summed E-state index contributed by atoms with van der Waals surface area (Å²) in [7, 11) is 0. The minimum atomic E-state index is 0.153. The molecule has 0 aromatic rings. The molecule has 1 heterocycles. The first-order chi connectivity index (χ1) is 6.29. The Morgan fingerprint density at radius 2 is 2.31 bits per heavy atom. The Bertz CT molecular complexity index is 170. The van der Waals surface area contributed by atoms with Crippen LogP contribution in [0.1, 0.15) is 33.1 Å². The molecular formula is C10H20N2O. The van der Waals surface area contributed by atoms with E-state index in [9.17, 15) is 4.79 Å². The summed E-state index contributed by atoms with van der Waals surface area (Å²) in [5.74, 6) is 0.216. The van der Waals surface area contributed by atoms with Crippen LogP contribution in [0.2, 0.25) is 0 Å². The van der Waals surface area contributed by atoms with Gasteiger partial charge in [0.15, 0.2) is 0 Å².